The number of hydrogen-bond donors (Lipinski definition) is 1. The van der Waals surface area contributed by atoms with Crippen molar-refractivity contribution in [2.45, 2.75) is 4.75 Å². The van der Waals surface area contributed by atoms with E-state index in [9.17, 15) is 9.90 Å². The van der Waals surface area contributed by atoms with Gasteiger partial charge < -0.3 is 5.11 Å². The third kappa shape index (κ3) is 3.14. The maximum absolute atomic E-state index is 12.3. The lowest BCUT2D eigenvalue weighted by atomic mass is 9.84. The van der Waals surface area contributed by atoms with Gasteiger partial charge >= 0.3 is 0 Å². The first-order chi connectivity index (χ1) is 11.8. The highest BCUT2D eigenvalue weighted by Gasteiger charge is 2.39. The van der Waals surface area contributed by atoms with Crippen LogP contribution in [0.2, 0.25) is 0 Å². The number of thioether (sulfide) groups is 1. The molecular weight excluding hydrogens is 316 g/mol. The Morgan fingerprint density at radius 3 is 1.33 bits per heavy atom. The molecule has 0 atom stereocenters. The molecule has 0 unspecified atom stereocenters. The Balaban J connectivity index is 2.30. The van der Waals surface area contributed by atoms with Crippen molar-refractivity contribution in [2.24, 2.45) is 0 Å². The number of carbonyl (C=O) groups excluding carboxylic acids is 1. The van der Waals surface area contributed by atoms with E-state index in [-0.39, 0.29) is 5.12 Å². The monoisotopic (exact) mass is 334 g/mol. The predicted molar refractivity (Wildman–Crippen MR) is 98.9 cm³/mol. The molecule has 3 rings (SSSR count). The van der Waals surface area contributed by atoms with Gasteiger partial charge in [0.25, 0.3) is 0 Å². The second-order valence-corrected chi connectivity index (χ2v) is 6.68. The van der Waals surface area contributed by atoms with Crippen LogP contribution in [0.3, 0.4) is 0 Å². The summed E-state index contributed by atoms with van der Waals surface area (Å²) in [4.78, 5) is 12.3. The van der Waals surface area contributed by atoms with Crippen LogP contribution in [0, 0.1) is 0 Å². The summed E-state index contributed by atoms with van der Waals surface area (Å²) in [6.07, 6.45) is 0. The SMILES string of the molecule is O=C(CO)SC(c1ccccc1)(c1ccccc1)c1ccccc1. The predicted octanol–water partition coefficient (Wildman–Crippen LogP) is 4.23. The largest absolute Gasteiger partial charge is 0.388 e. The second kappa shape index (κ2) is 7.47. The van der Waals surface area contributed by atoms with Gasteiger partial charge in [0.15, 0.2) is 0 Å². The Kier molecular flexibility index (Phi) is 5.14. The molecule has 0 aromatic heterocycles. The van der Waals surface area contributed by atoms with Crippen LogP contribution in [-0.4, -0.2) is 16.8 Å². The third-order valence-corrected chi connectivity index (χ3v) is 5.31. The van der Waals surface area contributed by atoms with Crippen LogP contribution in [0.5, 0.6) is 0 Å². The molecule has 0 fully saturated rings. The van der Waals surface area contributed by atoms with Crippen LogP contribution in [0.4, 0.5) is 0 Å². The van der Waals surface area contributed by atoms with E-state index in [1.54, 1.807) is 0 Å². The molecule has 0 heterocycles. The summed E-state index contributed by atoms with van der Waals surface area (Å²) in [7, 11) is 0. The fourth-order valence-corrected chi connectivity index (χ4v) is 4.07. The summed E-state index contributed by atoms with van der Waals surface area (Å²) in [6.45, 7) is -0.487. The molecule has 0 spiro atoms. The summed E-state index contributed by atoms with van der Waals surface area (Å²) < 4.78 is -0.691. The molecule has 2 nitrogen and oxygen atoms in total. The Labute approximate surface area is 146 Å². The van der Waals surface area contributed by atoms with Crippen molar-refractivity contribution in [3.63, 3.8) is 0 Å². The third-order valence-electron chi connectivity index (χ3n) is 3.94. The summed E-state index contributed by atoms with van der Waals surface area (Å²) in [5, 5.41) is 9.11. The zero-order valence-corrected chi connectivity index (χ0v) is 13.9. The van der Waals surface area contributed by atoms with Gasteiger partial charge in [-0.25, -0.2) is 0 Å². The van der Waals surface area contributed by atoms with Gasteiger partial charge in [0.05, 0.1) is 4.75 Å². The van der Waals surface area contributed by atoms with Crippen molar-refractivity contribution in [3.05, 3.63) is 108 Å². The topological polar surface area (TPSA) is 37.3 Å². The number of carbonyl (C=O) groups is 1. The van der Waals surface area contributed by atoms with Crippen LogP contribution >= 0.6 is 11.8 Å². The highest BCUT2D eigenvalue weighted by molar-refractivity contribution is 8.14. The molecule has 1 N–H and O–H groups in total. The smallest absolute Gasteiger partial charge is 0.215 e. The molecule has 0 saturated carbocycles. The first-order valence-electron chi connectivity index (χ1n) is 7.76. The first-order valence-corrected chi connectivity index (χ1v) is 8.58. The van der Waals surface area contributed by atoms with Crippen molar-refractivity contribution in [2.75, 3.05) is 6.61 Å². The molecule has 3 aromatic rings. The summed E-state index contributed by atoms with van der Waals surface area (Å²) in [6, 6.07) is 29.9. The number of benzene rings is 3. The molecule has 0 aliphatic carbocycles. The fraction of sp³-hybridized carbons (Fsp3) is 0.0952. The van der Waals surface area contributed by atoms with E-state index in [0.29, 0.717) is 0 Å². The molecule has 0 bridgehead atoms. The molecule has 0 aliphatic heterocycles. The molecule has 0 aliphatic rings. The minimum atomic E-state index is -0.691. The van der Waals surface area contributed by atoms with Crippen molar-refractivity contribution >= 4 is 16.9 Å². The number of rotatable bonds is 5. The van der Waals surface area contributed by atoms with Gasteiger partial charge in [0.2, 0.25) is 5.12 Å². The number of aliphatic hydroxyl groups is 1. The van der Waals surface area contributed by atoms with E-state index in [1.165, 1.54) is 0 Å². The van der Waals surface area contributed by atoms with Crippen LogP contribution in [0.25, 0.3) is 0 Å². The molecular formula is C21H18O2S. The van der Waals surface area contributed by atoms with Crippen LogP contribution in [0.1, 0.15) is 16.7 Å². The van der Waals surface area contributed by atoms with Gasteiger partial charge in [-0.2, -0.15) is 0 Å². The Morgan fingerprint density at radius 2 is 1.04 bits per heavy atom. The van der Waals surface area contributed by atoms with Crippen molar-refractivity contribution < 1.29 is 9.90 Å². The van der Waals surface area contributed by atoms with Crippen molar-refractivity contribution in [3.8, 4) is 0 Å². The molecule has 3 aromatic carbocycles. The van der Waals surface area contributed by atoms with E-state index < -0.39 is 11.4 Å². The van der Waals surface area contributed by atoms with Crippen molar-refractivity contribution in [1.82, 2.24) is 0 Å². The van der Waals surface area contributed by atoms with E-state index in [1.807, 2.05) is 91.0 Å². The van der Waals surface area contributed by atoms with Gasteiger partial charge in [-0.05, 0) is 16.7 Å². The van der Waals surface area contributed by atoms with E-state index >= 15 is 0 Å². The standard InChI is InChI=1S/C21H18O2S/c22-16-20(23)24-21(17-10-4-1-5-11-17,18-12-6-2-7-13-18)19-14-8-3-9-15-19/h1-15,22H,16H2. The molecule has 0 radical (unpaired) electrons. The molecule has 24 heavy (non-hydrogen) atoms. The summed E-state index contributed by atoms with van der Waals surface area (Å²) in [5.41, 5.74) is 3.03. The minimum absolute atomic E-state index is 0.258. The minimum Gasteiger partial charge on any atom is -0.388 e. The Hall–Kier alpha value is -2.36. The van der Waals surface area contributed by atoms with Gasteiger partial charge in [-0.3, -0.25) is 4.79 Å². The zero-order valence-electron chi connectivity index (χ0n) is 13.1. The van der Waals surface area contributed by atoms with Gasteiger partial charge in [-0.15, -0.1) is 0 Å². The number of aliphatic hydroxyl groups excluding tert-OH is 1. The highest BCUT2D eigenvalue weighted by atomic mass is 32.2. The Bertz CT molecular complexity index is 689. The highest BCUT2D eigenvalue weighted by Crippen LogP contribution is 2.48. The molecule has 120 valence electrons. The van der Waals surface area contributed by atoms with E-state index in [4.69, 9.17) is 0 Å². The van der Waals surface area contributed by atoms with Gasteiger partial charge in [0.1, 0.15) is 6.61 Å². The van der Waals surface area contributed by atoms with Gasteiger partial charge in [-0.1, -0.05) is 103 Å². The maximum atomic E-state index is 12.3. The maximum Gasteiger partial charge on any atom is 0.215 e. The molecule has 0 amide bonds. The summed E-state index contributed by atoms with van der Waals surface area (Å²) in [5.74, 6) is 0. The number of hydrogen-bond acceptors (Lipinski definition) is 3. The van der Waals surface area contributed by atoms with Gasteiger partial charge in [0, 0.05) is 0 Å². The Morgan fingerprint density at radius 1 is 0.708 bits per heavy atom. The lowest BCUT2D eigenvalue weighted by Gasteiger charge is -2.34. The van der Waals surface area contributed by atoms with Crippen LogP contribution in [0.15, 0.2) is 91.0 Å². The lowest BCUT2D eigenvalue weighted by molar-refractivity contribution is -0.113. The van der Waals surface area contributed by atoms with Crippen LogP contribution in [-0.2, 0) is 9.54 Å². The fourth-order valence-electron chi connectivity index (χ4n) is 2.90. The lowest BCUT2D eigenvalue weighted by Crippen LogP contribution is -2.28. The first kappa shape index (κ1) is 16.5. The average molecular weight is 334 g/mol. The van der Waals surface area contributed by atoms with E-state index in [2.05, 4.69) is 0 Å². The quantitative estimate of drug-likeness (QED) is 0.710. The second-order valence-electron chi connectivity index (χ2n) is 5.41. The zero-order chi connectivity index (χ0) is 16.8. The van der Waals surface area contributed by atoms with Crippen molar-refractivity contribution in [1.29, 1.82) is 0 Å². The molecule has 3 heteroatoms. The van der Waals surface area contributed by atoms with Crippen LogP contribution < -0.4 is 0 Å². The average Bonchev–Trinajstić information content (AvgIpc) is 2.68. The normalized spacial score (nSPS) is 11.2. The van der Waals surface area contributed by atoms with E-state index in [0.717, 1.165) is 28.5 Å². The summed E-state index contributed by atoms with van der Waals surface area (Å²) >= 11 is 1.16. The molecule has 0 saturated heterocycles.